The summed E-state index contributed by atoms with van der Waals surface area (Å²) in [6.07, 6.45) is 6.92. The minimum atomic E-state index is -3.64. The van der Waals surface area contributed by atoms with Crippen LogP contribution < -0.4 is 0 Å². The highest BCUT2D eigenvalue weighted by Crippen LogP contribution is 2.39. The maximum Gasteiger partial charge on any atom is 0.244 e. The molecule has 0 unspecified atom stereocenters. The second kappa shape index (κ2) is 8.59. The highest BCUT2D eigenvalue weighted by atomic mass is 35.5. The van der Waals surface area contributed by atoms with Gasteiger partial charge in [-0.25, -0.2) is 8.42 Å². The molecule has 1 aromatic carbocycles. The summed E-state index contributed by atoms with van der Waals surface area (Å²) in [7, 11) is 0.309. The lowest BCUT2D eigenvalue weighted by Crippen LogP contribution is -2.47. The summed E-state index contributed by atoms with van der Waals surface area (Å²) in [5, 5.41) is 8.77. The van der Waals surface area contributed by atoms with Gasteiger partial charge in [-0.3, -0.25) is 5.01 Å². The summed E-state index contributed by atoms with van der Waals surface area (Å²) >= 11 is 7.93. The first-order chi connectivity index (χ1) is 13.9. The van der Waals surface area contributed by atoms with Gasteiger partial charge in [-0.05, 0) is 62.2 Å². The van der Waals surface area contributed by atoms with Gasteiger partial charge in [0, 0.05) is 38.8 Å². The topological polar surface area (TPSA) is 56.2 Å². The number of hydrogen-bond donors (Lipinski definition) is 0. The van der Waals surface area contributed by atoms with E-state index in [-0.39, 0.29) is 9.92 Å². The Kier molecular flexibility index (Phi) is 6.27. The van der Waals surface area contributed by atoms with Gasteiger partial charge >= 0.3 is 0 Å². The number of hydrogen-bond acceptors (Lipinski definition) is 6. The van der Waals surface area contributed by atoms with Crippen molar-refractivity contribution < 1.29 is 8.42 Å². The van der Waals surface area contributed by atoms with Crippen molar-refractivity contribution in [1.29, 1.82) is 0 Å². The van der Waals surface area contributed by atoms with Crippen LogP contribution in [-0.4, -0.2) is 67.9 Å². The van der Waals surface area contributed by atoms with Crippen LogP contribution in [0.3, 0.4) is 0 Å². The minimum absolute atomic E-state index is 0.164. The molecule has 2 fully saturated rings. The van der Waals surface area contributed by atoms with Crippen LogP contribution >= 0.6 is 23.4 Å². The van der Waals surface area contributed by atoms with Crippen molar-refractivity contribution in [1.82, 2.24) is 14.2 Å². The number of sulfonamides is 1. The zero-order valence-corrected chi connectivity index (χ0v) is 19.2. The molecule has 9 heteroatoms. The first kappa shape index (κ1) is 21.2. The summed E-state index contributed by atoms with van der Waals surface area (Å²) in [6.45, 7) is 2.39. The first-order valence-electron chi connectivity index (χ1n) is 9.91. The number of piperazine rings is 1. The van der Waals surface area contributed by atoms with E-state index in [0.29, 0.717) is 13.1 Å². The normalized spacial score (nSPS) is 24.8. The van der Waals surface area contributed by atoms with Gasteiger partial charge in [0.25, 0.3) is 0 Å². The quantitative estimate of drug-likeness (QED) is 0.699. The van der Waals surface area contributed by atoms with Crippen LogP contribution in [0.25, 0.3) is 0 Å². The molecule has 0 aromatic heterocycles. The molecule has 0 bridgehead atoms. The maximum atomic E-state index is 13.2. The Bertz CT molecular complexity index is 945. The standard InChI is InChI=1S/C20H26ClN4O2S2/c1-23-10-12-25(13-11-23)29(26,27)18-14-16(8-9-17(18)21)19-22-24(2)20(28-19)15-6-4-3-5-7-15/h6,8-9,14H,3-5,7,10-13H2,1-2H3. The lowest BCUT2D eigenvalue weighted by molar-refractivity contribution is 0.222. The van der Waals surface area contributed by atoms with E-state index in [2.05, 4.69) is 16.4 Å². The monoisotopic (exact) mass is 453 g/mol. The van der Waals surface area contributed by atoms with Crippen LogP contribution in [0.2, 0.25) is 5.02 Å². The molecule has 4 rings (SSSR count). The van der Waals surface area contributed by atoms with E-state index in [1.165, 1.54) is 22.7 Å². The summed E-state index contributed by atoms with van der Waals surface area (Å²) in [5.74, 6) is 0. The SMILES string of the molecule is CN1CCN(S(=O)(=O)c2cc(C3=NN(C)C(=C4[CH]CCCC4)S3)ccc2Cl)CC1. The third-order valence-electron chi connectivity index (χ3n) is 5.55. The highest BCUT2D eigenvalue weighted by Gasteiger charge is 2.31. The molecule has 0 atom stereocenters. The average Bonchev–Trinajstić information content (AvgIpc) is 3.11. The molecule has 1 radical (unpaired) electrons. The Balaban J connectivity index is 1.61. The van der Waals surface area contributed by atoms with E-state index in [0.717, 1.165) is 41.6 Å². The van der Waals surface area contributed by atoms with Crippen LogP contribution in [0.4, 0.5) is 0 Å². The van der Waals surface area contributed by atoms with E-state index in [1.807, 2.05) is 25.2 Å². The van der Waals surface area contributed by atoms with Gasteiger partial charge < -0.3 is 4.90 Å². The number of likely N-dealkylation sites (N-methyl/N-ethyl adjacent to an activating group) is 1. The largest absolute Gasteiger partial charge is 0.304 e. The average molecular weight is 454 g/mol. The van der Waals surface area contributed by atoms with Gasteiger partial charge in [0.05, 0.1) is 10.1 Å². The summed E-state index contributed by atoms with van der Waals surface area (Å²) < 4.78 is 27.9. The van der Waals surface area contributed by atoms with Crippen molar-refractivity contribution in [2.24, 2.45) is 5.10 Å². The molecule has 29 heavy (non-hydrogen) atoms. The van der Waals surface area contributed by atoms with Gasteiger partial charge in [0.15, 0.2) is 0 Å². The van der Waals surface area contributed by atoms with Crippen LogP contribution in [0, 0.1) is 6.42 Å². The molecule has 2 aliphatic heterocycles. The molecule has 1 saturated carbocycles. The molecule has 0 N–H and O–H groups in total. The predicted octanol–water partition coefficient (Wildman–Crippen LogP) is 3.61. The number of rotatable bonds is 3. The third kappa shape index (κ3) is 4.37. The van der Waals surface area contributed by atoms with Gasteiger partial charge in [-0.1, -0.05) is 24.1 Å². The Morgan fingerprint density at radius 3 is 2.55 bits per heavy atom. The second-order valence-electron chi connectivity index (χ2n) is 7.66. The van der Waals surface area contributed by atoms with Crippen LogP contribution in [0.1, 0.15) is 31.2 Å². The van der Waals surface area contributed by atoms with Crippen molar-refractivity contribution in [3.05, 3.63) is 45.8 Å². The van der Waals surface area contributed by atoms with Gasteiger partial charge in [-0.15, -0.1) is 0 Å². The first-order valence-corrected chi connectivity index (χ1v) is 12.5. The Morgan fingerprint density at radius 2 is 1.86 bits per heavy atom. The number of hydrazone groups is 1. The van der Waals surface area contributed by atoms with Gasteiger partial charge in [-0.2, -0.15) is 9.41 Å². The number of thioether (sulfide) groups is 1. The molecule has 1 aliphatic carbocycles. The van der Waals surface area contributed by atoms with E-state index in [1.54, 1.807) is 23.9 Å². The second-order valence-corrected chi connectivity index (χ2v) is 11.0. The Morgan fingerprint density at radius 1 is 1.10 bits per heavy atom. The fourth-order valence-corrected chi connectivity index (χ4v) is 6.79. The zero-order valence-electron chi connectivity index (χ0n) is 16.8. The number of allylic oxidation sites excluding steroid dienone is 1. The van der Waals surface area contributed by atoms with Gasteiger partial charge in [0.1, 0.15) is 9.94 Å². The van der Waals surface area contributed by atoms with Crippen molar-refractivity contribution in [3.8, 4) is 0 Å². The summed E-state index contributed by atoms with van der Waals surface area (Å²) in [4.78, 5) is 2.29. The molecule has 1 saturated heterocycles. The van der Waals surface area contributed by atoms with Crippen molar-refractivity contribution in [3.63, 3.8) is 0 Å². The summed E-state index contributed by atoms with van der Waals surface area (Å²) in [6, 6.07) is 5.19. The lowest BCUT2D eigenvalue weighted by Gasteiger charge is -2.31. The fourth-order valence-electron chi connectivity index (χ4n) is 3.78. The van der Waals surface area contributed by atoms with E-state index in [4.69, 9.17) is 11.6 Å². The predicted molar refractivity (Wildman–Crippen MR) is 119 cm³/mol. The number of halogens is 1. The minimum Gasteiger partial charge on any atom is -0.304 e. The van der Waals surface area contributed by atoms with Crippen LogP contribution in [-0.2, 0) is 10.0 Å². The van der Waals surface area contributed by atoms with Gasteiger partial charge in [0.2, 0.25) is 10.0 Å². The molecular formula is C20H26ClN4O2S2. The highest BCUT2D eigenvalue weighted by molar-refractivity contribution is 8.17. The third-order valence-corrected chi connectivity index (χ3v) is 9.16. The molecule has 6 nitrogen and oxygen atoms in total. The zero-order chi connectivity index (χ0) is 20.6. The maximum absolute atomic E-state index is 13.2. The lowest BCUT2D eigenvalue weighted by atomic mass is 9.96. The summed E-state index contributed by atoms with van der Waals surface area (Å²) in [5.41, 5.74) is 2.12. The fraction of sp³-hybridized carbons (Fsp3) is 0.500. The molecule has 157 valence electrons. The molecule has 1 aromatic rings. The van der Waals surface area contributed by atoms with Crippen molar-refractivity contribution in [2.45, 2.75) is 30.6 Å². The molecule has 0 spiro atoms. The van der Waals surface area contributed by atoms with Crippen molar-refractivity contribution in [2.75, 3.05) is 40.3 Å². The van der Waals surface area contributed by atoms with E-state index in [9.17, 15) is 8.42 Å². The molecule has 3 aliphatic rings. The van der Waals surface area contributed by atoms with E-state index >= 15 is 0 Å². The molecule has 0 amide bonds. The van der Waals surface area contributed by atoms with Crippen molar-refractivity contribution >= 4 is 38.4 Å². The molecular weight excluding hydrogens is 428 g/mol. The smallest absolute Gasteiger partial charge is 0.244 e. The van der Waals surface area contributed by atoms with Crippen LogP contribution in [0.5, 0.6) is 0 Å². The Labute approximate surface area is 182 Å². The molecule has 2 heterocycles. The van der Waals surface area contributed by atoms with E-state index < -0.39 is 10.0 Å². The number of nitrogens with zero attached hydrogens (tertiary/aromatic N) is 4. The van der Waals surface area contributed by atoms with Crippen LogP contribution in [0.15, 0.2) is 38.8 Å². The number of benzene rings is 1. The Hall–Kier alpha value is -1.06.